The second-order valence-corrected chi connectivity index (χ2v) is 11.4. The number of hydrazine groups is 1. The molecule has 1 aliphatic rings. The summed E-state index contributed by atoms with van der Waals surface area (Å²) in [6.07, 6.45) is 2.58. The predicted molar refractivity (Wildman–Crippen MR) is 171 cm³/mol. The van der Waals surface area contributed by atoms with Gasteiger partial charge in [0.2, 0.25) is 5.91 Å². The smallest absolute Gasteiger partial charge is 0.324 e. The van der Waals surface area contributed by atoms with E-state index in [0.29, 0.717) is 38.6 Å². The highest BCUT2D eigenvalue weighted by Gasteiger charge is 2.34. The van der Waals surface area contributed by atoms with E-state index in [1.54, 1.807) is 7.05 Å². The third kappa shape index (κ3) is 14.5. The lowest BCUT2D eigenvalue weighted by Crippen LogP contribution is -2.61. The Labute approximate surface area is 263 Å². The molecule has 250 valence electrons. The molecule has 4 N–H and O–H groups in total. The van der Waals surface area contributed by atoms with Gasteiger partial charge in [0.05, 0.1) is 19.3 Å². The number of ketones is 1. The van der Waals surface area contributed by atoms with Crippen LogP contribution in [0.4, 0.5) is 0 Å². The van der Waals surface area contributed by atoms with Crippen molar-refractivity contribution in [1.29, 1.82) is 0 Å². The number of benzene rings is 1. The summed E-state index contributed by atoms with van der Waals surface area (Å²) in [5.74, 6) is -1.10. The number of carbonyl (C=O) groups is 5. The van der Waals surface area contributed by atoms with Crippen molar-refractivity contribution in [2.24, 2.45) is 17.8 Å². The molecule has 11 heteroatoms. The maximum atomic E-state index is 13.3. The SMILES string of the molecule is CC.CC(=O)CCC(C=O)C(O)C(C)C.CNC(C(=O)NC(Cc1ccccc1)C(=O)N1CCCC(C(=O)OC)N1)C(C)C. The van der Waals surface area contributed by atoms with E-state index < -0.39 is 36.1 Å². The molecule has 0 aliphatic carbocycles. The topological polar surface area (TPSA) is 154 Å². The molecule has 5 unspecified atom stereocenters. The second-order valence-electron chi connectivity index (χ2n) is 11.4. The molecule has 2 rings (SSSR count). The fraction of sp³-hybridized carbons (Fsp3) is 0.667. The van der Waals surface area contributed by atoms with E-state index in [-0.39, 0.29) is 29.4 Å². The maximum Gasteiger partial charge on any atom is 0.324 e. The molecule has 2 amide bonds. The third-order valence-electron chi connectivity index (χ3n) is 7.22. The average Bonchev–Trinajstić information content (AvgIpc) is 3.02. The van der Waals surface area contributed by atoms with Gasteiger partial charge in [0.15, 0.2) is 0 Å². The fourth-order valence-corrected chi connectivity index (χ4v) is 4.71. The van der Waals surface area contributed by atoms with E-state index in [1.165, 1.54) is 19.0 Å². The third-order valence-corrected chi connectivity index (χ3v) is 7.22. The highest BCUT2D eigenvalue weighted by atomic mass is 16.5. The van der Waals surface area contributed by atoms with Gasteiger partial charge in [0.1, 0.15) is 24.2 Å². The molecule has 0 radical (unpaired) electrons. The minimum atomic E-state index is -0.747. The lowest BCUT2D eigenvalue weighted by atomic mass is 9.90. The zero-order chi connectivity index (χ0) is 33.8. The molecule has 44 heavy (non-hydrogen) atoms. The van der Waals surface area contributed by atoms with Gasteiger partial charge in [-0.05, 0) is 50.6 Å². The van der Waals surface area contributed by atoms with Gasteiger partial charge in [-0.2, -0.15) is 0 Å². The van der Waals surface area contributed by atoms with E-state index in [1.807, 2.05) is 71.9 Å². The number of methoxy groups -OCH3 is 1. The first-order chi connectivity index (χ1) is 20.9. The number of hydrogen-bond donors (Lipinski definition) is 4. The molecule has 5 atom stereocenters. The number of ether oxygens (including phenoxy) is 1. The zero-order valence-electron chi connectivity index (χ0n) is 28.1. The van der Waals surface area contributed by atoms with Crippen molar-refractivity contribution in [2.75, 3.05) is 20.7 Å². The van der Waals surface area contributed by atoms with E-state index >= 15 is 0 Å². The number of carbonyl (C=O) groups excluding carboxylic acids is 5. The summed E-state index contributed by atoms with van der Waals surface area (Å²) >= 11 is 0. The van der Waals surface area contributed by atoms with Crippen LogP contribution in [0.1, 0.15) is 79.7 Å². The van der Waals surface area contributed by atoms with Crippen LogP contribution >= 0.6 is 0 Å². The molecule has 1 heterocycles. The van der Waals surface area contributed by atoms with Crippen LogP contribution in [-0.2, 0) is 35.1 Å². The van der Waals surface area contributed by atoms with Gasteiger partial charge in [-0.15, -0.1) is 0 Å². The first-order valence-electron chi connectivity index (χ1n) is 15.7. The molecule has 0 saturated carbocycles. The largest absolute Gasteiger partial charge is 0.468 e. The molecule has 0 aromatic heterocycles. The second kappa shape index (κ2) is 22.4. The highest BCUT2D eigenvalue weighted by Crippen LogP contribution is 2.16. The number of Topliss-reactive ketones (excluding diaryl/α,β-unsaturated/α-hetero) is 1. The zero-order valence-corrected chi connectivity index (χ0v) is 28.1. The minimum Gasteiger partial charge on any atom is -0.468 e. The minimum absolute atomic E-state index is 0.0576. The molecular weight excluding hydrogens is 564 g/mol. The Morgan fingerprint density at radius 1 is 1.09 bits per heavy atom. The Balaban J connectivity index is 0.00000104. The summed E-state index contributed by atoms with van der Waals surface area (Å²) in [7, 11) is 3.05. The van der Waals surface area contributed by atoms with E-state index in [9.17, 15) is 29.1 Å². The van der Waals surface area contributed by atoms with Gasteiger partial charge in [-0.1, -0.05) is 71.9 Å². The Kier molecular flexibility index (Phi) is 20.8. The number of nitrogens with one attached hydrogen (secondary N) is 3. The number of nitrogens with zero attached hydrogens (tertiary/aromatic N) is 1. The molecule has 1 aromatic rings. The van der Waals surface area contributed by atoms with Crippen LogP contribution in [0.25, 0.3) is 0 Å². The van der Waals surface area contributed by atoms with E-state index in [4.69, 9.17) is 4.74 Å². The first kappa shape index (κ1) is 40.9. The van der Waals surface area contributed by atoms with Crippen molar-refractivity contribution in [2.45, 2.75) is 105 Å². The summed E-state index contributed by atoms with van der Waals surface area (Å²) in [6.45, 7) is 13.6. The number of aldehydes is 1. The fourth-order valence-electron chi connectivity index (χ4n) is 4.71. The summed E-state index contributed by atoms with van der Waals surface area (Å²) in [5.41, 5.74) is 3.89. The molecule has 1 saturated heterocycles. The Morgan fingerprint density at radius 2 is 1.70 bits per heavy atom. The molecule has 11 nitrogen and oxygen atoms in total. The van der Waals surface area contributed by atoms with Crippen molar-refractivity contribution in [3.05, 3.63) is 35.9 Å². The molecule has 1 fully saturated rings. The summed E-state index contributed by atoms with van der Waals surface area (Å²) < 4.78 is 4.79. The summed E-state index contributed by atoms with van der Waals surface area (Å²) in [4.78, 5) is 59.2. The number of likely N-dealkylation sites (N-methyl/N-ethyl adjacent to an activating group) is 1. The van der Waals surface area contributed by atoms with Crippen LogP contribution in [0.3, 0.4) is 0 Å². The van der Waals surface area contributed by atoms with Gasteiger partial charge < -0.3 is 30.1 Å². The number of esters is 1. The van der Waals surface area contributed by atoms with E-state index in [0.717, 1.165) is 11.8 Å². The van der Waals surface area contributed by atoms with Gasteiger partial charge in [-0.25, -0.2) is 5.43 Å². The number of aliphatic hydroxyl groups excluding tert-OH is 1. The predicted octanol–water partition coefficient (Wildman–Crippen LogP) is 2.84. The Morgan fingerprint density at radius 3 is 2.18 bits per heavy atom. The average molecular weight is 621 g/mol. The van der Waals surface area contributed by atoms with Crippen LogP contribution in [0.5, 0.6) is 0 Å². The van der Waals surface area contributed by atoms with Gasteiger partial charge in [0.25, 0.3) is 5.91 Å². The van der Waals surface area contributed by atoms with Gasteiger partial charge >= 0.3 is 5.97 Å². The summed E-state index contributed by atoms with van der Waals surface area (Å²) in [6, 6.07) is 7.83. The van der Waals surface area contributed by atoms with Crippen molar-refractivity contribution in [3.63, 3.8) is 0 Å². The standard InChI is InChI=1S/C21H32N4O4.C10H18O3.C2H6/c1-14(2)18(22-3)19(26)23-17(13-15-9-6-5-7-10-15)20(27)25-12-8-11-16(24-25)21(28)29-4;1-7(2)10(13)9(6-11)5-4-8(3)12;1-2/h5-7,9-10,14,16-18,22,24H,8,11-13H2,1-4H3,(H,23,26);6-7,9-10,13H,4-5H2,1-3H3;1-2H3. The summed E-state index contributed by atoms with van der Waals surface area (Å²) in [5, 5.41) is 16.9. The van der Waals surface area contributed by atoms with Crippen molar-refractivity contribution >= 4 is 29.9 Å². The van der Waals surface area contributed by atoms with Crippen LogP contribution in [0.2, 0.25) is 0 Å². The molecule has 0 bridgehead atoms. The number of rotatable bonds is 14. The Bertz CT molecular complexity index is 1000. The first-order valence-corrected chi connectivity index (χ1v) is 15.7. The van der Waals surface area contributed by atoms with Crippen LogP contribution < -0.4 is 16.1 Å². The highest BCUT2D eigenvalue weighted by molar-refractivity contribution is 5.90. The molecule has 1 aromatic carbocycles. The lowest BCUT2D eigenvalue weighted by molar-refractivity contribution is -0.151. The maximum absolute atomic E-state index is 13.3. The molecule has 1 aliphatic heterocycles. The van der Waals surface area contributed by atoms with Crippen LogP contribution in [0, 0.1) is 17.8 Å². The molecular formula is C33H56N4O7. The van der Waals surface area contributed by atoms with E-state index in [2.05, 4.69) is 16.1 Å². The Hall–Kier alpha value is -3.15. The number of aliphatic hydroxyl groups is 1. The quantitative estimate of drug-likeness (QED) is 0.182. The van der Waals surface area contributed by atoms with Gasteiger partial charge in [-0.3, -0.25) is 19.4 Å². The van der Waals surface area contributed by atoms with Crippen LogP contribution in [0.15, 0.2) is 30.3 Å². The van der Waals surface area contributed by atoms with Crippen molar-refractivity contribution < 1.29 is 33.8 Å². The van der Waals surface area contributed by atoms with Crippen molar-refractivity contribution in [3.8, 4) is 0 Å². The molecule has 0 spiro atoms. The lowest BCUT2D eigenvalue weighted by Gasteiger charge is -2.35. The normalized spacial score (nSPS) is 17.1. The van der Waals surface area contributed by atoms with Crippen LogP contribution in [-0.4, -0.2) is 84.9 Å². The van der Waals surface area contributed by atoms with Gasteiger partial charge in [0, 0.05) is 25.3 Å². The number of amides is 2. The van der Waals surface area contributed by atoms with Crippen molar-refractivity contribution in [1.82, 2.24) is 21.1 Å². The number of hydrogen-bond acceptors (Lipinski definition) is 9. The monoisotopic (exact) mass is 620 g/mol.